The second kappa shape index (κ2) is 5.44. The molecule has 1 aromatic carbocycles. The minimum absolute atomic E-state index is 0.0101. The van der Waals surface area contributed by atoms with Gasteiger partial charge in [-0.2, -0.15) is 0 Å². The summed E-state index contributed by atoms with van der Waals surface area (Å²) in [6, 6.07) is 7.05. The zero-order valence-electron chi connectivity index (χ0n) is 12.1. The monoisotopic (exact) mass is 273 g/mol. The molecule has 1 aromatic rings. The number of anilines is 1. The first-order valence-electron chi connectivity index (χ1n) is 7.53. The van der Waals surface area contributed by atoms with Crippen LogP contribution < -0.4 is 11.1 Å². The Morgan fingerprint density at radius 2 is 2.30 bits per heavy atom. The second-order valence-corrected chi connectivity index (χ2v) is 6.08. The van der Waals surface area contributed by atoms with E-state index >= 15 is 0 Å². The van der Waals surface area contributed by atoms with Gasteiger partial charge in [0.1, 0.15) is 0 Å². The molecule has 2 aliphatic rings. The maximum absolute atomic E-state index is 11.4. The topological polar surface area (TPSA) is 58.4 Å². The van der Waals surface area contributed by atoms with Crippen LogP contribution in [0.2, 0.25) is 0 Å². The number of nitrogens with one attached hydrogen (secondary N) is 1. The first-order valence-corrected chi connectivity index (χ1v) is 7.53. The van der Waals surface area contributed by atoms with Gasteiger partial charge in [0.2, 0.25) is 5.91 Å². The summed E-state index contributed by atoms with van der Waals surface area (Å²) >= 11 is 0. The molecule has 2 aliphatic heterocycles. The van der Waals surface area contributed by atoms with Gasteiger partial charge >= 0.3 is 0 Å². The summed E-state index contributed by atoms with van der Waals surface area (Å²) in [5.74, 6) is -0.144. The second-order valence-electron chi connectivity index (χ2n) is 6.08. The van der Waals surface area contributed by atoms with E-state index in [1.165, 1.54) is 16.8 Å². The van der Waals surface area contributed by atoms with Crippen LogP contribution in [0.15, 0.2) is 18.2 Å². The first kappa shape index (κ1) is 13.4. The van der Waals surface area contributed by atoms with Gasteiger partial charge in [-0.05, 0) is 37.3 Å². The van der Waals surface area contributed by atoms with E-state index in [2.05, 4.69) is 35.3 Å². The van der Waals surface area contributed by atoms with E-state index in [1.807, 2.05) is 0 Å². The third kappa shape index (κ3) is 2.52. The van der Waals surface area contributed by atoms with Gasteiger partial charge in [-0.1, -0.05) is 18.2 Å². The lowest BCUT2D eigenvalue weighted by Crippen LogP contribution is -2.45. The molecule has 3 rings (SSSR count). The highest BCUT2D eigenvalue weighted by atomic mass is 16.1. The van der Waals surface area contributed by atoms with Crippen molar-refractivity contribution >= 4 is 11.6 Å². The summed E-state index contributed by atoms with van der Waals surface area (Å²) in [6.45, 7) is 4.97. The van der Waals surface area contributed by atoms with Crippen LogP contribution in [-0.2, 0) is 17.8 Å². The smallest absolute Gasteiger partial charge is 0.221 e. The molecule has 0 bridgehead atoms. The molecule has 2 heterocycles. The SMILES string of the molecule is CC1CCC(C(N)=O)CN1Cc1cccc2c1NCC2. The maximum Gasteiger partial charge on any atom is 0.221 e. The van der Waals surface area contributed by atoms with Gasteiger partial charge in [-0.25, -0.2) is 0 Å². The molecule has 0 saturated carbocycles. The summed E-state index contributed by atoms with van der Waals surface area (Å²) < 4.78 is 0. The molecular formula is C16H23N3O. The first-order chi connectivity index (χ1) is 9.65. The van der Waals surface area contributed by atoms with E-state index in [1.54, 1.807) is 0 Å². The quantitative estimate of drug-likeness (QED) is 0.882. The zero-order chi connectivity index (χ0) is 14.1. The summed E-state index contributed by atoms with van der Waals surface area (Å²) in [7, 11) is 0. The van der Waals surface area contributed by atoms with Crippen LogP contribution in [0.1, 0.15) is 30.9 Å². The number of nitrogens with two attached hydrogens (primary N) is 1. The van der Waals surface area contributed by atoms with Crippen molar-refractivity contribution in [3.05, 3.63) is 29.3 Å². The predicted molar refractivity (Wildman–Crippen MR) is 80.4 cm³/mol. The van der Waals surface area contributed by atoms with E-state index in [9.17, 15) is 4.79 Å². The number of para-hydroxylation sites is 1. The number of carbonyl (C=O) groups excluding carboxylic acids is 1. The number of amides is 1. The third-order valence-corrected chi connectivity index (χ3v) is 4.72. The number of rotatable bonds is 3. The van der Waals surface area contributed by atoms with Crippen molar-refractivity contribution in [2.75, 3.05) is 18.4 Å². The fourth-order valence-electron chi connectivity index (χ4n) is 3.39. The molecule has 108 valence electrons. The molecule has 4 heteroatoms. The maximum atomic E-state index is 11.4. The summed E-state index contributed by atoms with van der Waals surface area (Å²) in [4.78, 5) is 13.8. The van der Waals surface area contributed by atoms with Crippen molar-refractivity contribution in [2.24, 2.45) is 11.7 Å². The van der Waals surface area contributed by atoms with Gasteiger partial charge in [0, 0.05) is 31.4 Å². The molecule has 0 aromatic heterocycles. The number of primary amides is 1. The molecule has 3 N–H and O–H groups in total. The van der Waals surface area contributed by atoms with Gasteiger partial charge in [0.15, 0.2) is 0 Å². The van der Waals surface area contributed by atoms with Crippen molar-refractivity contribution in [3.8, 4) is 0 Å². The lowest BCUT2D eigenvalue weighted by atomic mass is 9.92. The molecule has 0 aliphatic carbocycles. The Hall–Kier alpha value is -1.55. The Labute approximate surface area is 120 Å². The fourth-order valence-corrected chi connectivity index (χ4v) is 3.39. The predicted octanol–water partition coefficient (Wildman–Crippen LogP) is 1.74. The van der Waals surface area contributed by atoms with Crippen molar-refractivity contribution < 1.29 is 4.79 Å². The Kier molecular flexibility index (Phi) is 3.66. The van der Waals surface area contributed by atoms with Gasteiger partial charge in [0.05, 0.1) is 5.92 Å². The molecule has 1 saturated heterocycles. The Balaban J connectivity index is 1.76. The van der Waals surface area contributed by atoms with Crippen LogP contribution in [0.4, 0.5) is 5.69 Å². The molecule has 20 heavy (non-hydrogen) atoms. The highest BCUT2D eigenvalue weighted by Crippen LogP contribution is 2.30. The van der Waals surface area contributed by atoms with Crippen molar-refractivity contribution in [1.29, 1.82) is 0 Å². The molecule has 1 amide bonds. The van der Waals surface area contributed by atoms with Gasteiger partial charge in [-0.15, -0.1) is 0 Å². The van der Waals surface area contributed by atoms with Gasteiger partial charge in [-0.3, -0.25) is 9.69 Å². The average molecular weight is 273 g/mol. The van der Waals surface area contributed by atoms with Crippen LogP contribution in [0, 0.1) is 5.92 Å². The molecule has 2 unspecified atom stereocenters. The van der Waals surface area contributed by atoms with E-state index in [0.717, 1.165) is 38.9 Å². The fraction of sp³-hybridized carbons (Fsp3) is 0.562. The van der Waals surface area contributed by atoms with Crippen LogP contribution in [0.25, 0.3) is 0 Å². The summed E-state index contributed by atoms with van der Waals surface area (Å²) in [6.07, 6.45) is 3.09. The van der Waals surface area contributed by atoms with Crippen LogP contribution in [-0.4, -0.2) is 29.9 Å². The van der Waals surface area contributed by atoms with Crippen LogP contribution in [0.5, 0.6) is 0 Å². The number of piperidine rings is 1. The Morgan fingerprint density at radius 3 is 3.10 bits per heavy atom. The van der Waals surface area contributed by atoms with E-state index in [-0.39, 0.29) is 11.8 Å². The third-order valence-electron chi connectivity index (χ3n) is 4.72. The number of carbonyl (C=O) groups is 1. The number of hydrogen-bond acceptors (Lipinski definition) is 3. The average Bonchev–Trinajstić information content (AvgIpc) is 2.90. The van der Waals surface area contributed by atoms with Gasteiger partial charge < -0.3 is 11.1 Å². The molecule has 4 nitrogen and oxygen atoms in total. The molecule has 1 fully saturated rings. The molecule has 0 spiro atoms. The van der Waals surface area contributed by atoms with Crippen molar-refractivity contribution in [2.45, 2.75) is 38.8 Å². The largest absolute Gasteiger partial charge is 0.384 e. The van der Waals surface area contributed by atoms with Crippen LogP contribution in [0.3, 0.4) is 0 Å². The van der Waals surface area contributed by atoms with Gasteiger partial charge in [0.25, 0.3) is 0 Å². The lowest BCUT2D eigenvalue weighted by molar-refractivity contribution is -0.124. The van der Waals surface area contributed by atoms with E-state index < -0.39 is 0 Å². The number of likely N-dealkylation sites (tertiary alicyclic amines) is 1. The highest BCUT2D eigenvalue weighted by molar-refractivity contribution is 5.77. The molecule has 2 atom stereocenters. The zero-order valence-corrected chi connectivity index (χ0v) is 12.1. The summed E-state index contributed by atoms with van der Waals surface area (Å²) in [5.41, 5.74) is 9.55. The number of hydrogen-bond donors (Lipinski definition) is 2. The number of fused-ring (bicyclic) bond motifs is 1. The molecule has 0 radical (unpaired) electrons. The number of nitrogens with zero attached hydrogens (tertiary/aromatic N) is 1. The summed E-state index contributed by atoms with van der Waals surface area (Å²) in [5, 5.41) is 3.49. The molecular weight excluding hydrogens is 250 g/mol. The Morgan fingerprint density at radius 1 is 1.45 bits per heavy atom. The van der Waals surface area contributed by atoms with E-state index in [0.29, 0.717) is 6.04 Å². The van der Waals surface area contributed by atoms with E-state index in [4.69, 9.17) is 5.73 Å². The normalized spacial score (nSPS) is 26.1. The minimum atomic E-state index is -0.154. The Bertz CT molecular complexity index is 514. The lowest BCUT2D eigenvalue weighted by Gasteiger charge is -2.37. The van der Waals surface area contributed by atoms with Crippen LogP contribution >= 0.6 is 0 Å². The highest BCUT2D eigenvalue weighted by Gasteiger charge is 2.29. The number of benzene rings is 1. The van der Waals surface area contributed by atoms with Crippen molar-refractivity contribution in [1.82, 2.24) is 4.90 Å². The standard InChI is InChI=1S/C16H23N3O/c1-11-5-6-14(16(17)20)10-19(11)9-13-4-2-3-12-7-8-18-15(12)13/h2-4,11,14,18H,5-10H2,1H3,(H2,17,20). The minimum Gasteiger partial charge on any atom is -0.384 e. The van der Waals surface area contributed by atoms with Crippen molar-refractivity contribution in [3.63, 3.8) is 0 Å².